The molecular weight excluding hydrogens is 398 g/mol. The van der Waals surface area contributed by atoms with Crippen LogP contribution in [0.25, 0.3) is 11.3 Å². The number of nitrogens with two attached hydrogens (primary N) is 1. The number of hydrogen-bond donors (Lipinski definition) is 2. The van der Waals surface area contributed by atoms with Gasteiger partial charge in [0.15, 0.2) is 11.7 Å². The molecule has 3 N–H and O–H groups in total. The molecule has 0 aliphatic heterocycles. The van der Waals surface area contributed by atoms with Gasteiger partial charge in [-0.1, -0.05) is 23.7 Å². The number of carbonyl (C=O) groups excluding carboxylic acids is 2. The zero-order chi connectivity index (χ0) is 20.3. The number of carbonyl (C=O) groups is 2. The van der Waals surface area contributed by atoms with Crippen molar-refractivity contribution in [2.24, 2.45) is 5.73 Å². The van der Waals surface area contributed by atoms with Crippen LogP contribution < -0.4 is 15.8 Å². The number of aryl methyl sites for hydroxylation is 2. The van der Waals surface area contributed by atoms with Crippen molar-refractivity contribution in [3.05, 3.63) is 63.5 Å². The number of hydrogen-bond acceptors (Lipinski definition) is 5. The number of aromatic nitrogens is 1. The molecule has 2 aromatic carbocycles. The van der Waals surface area contributed by atoms with Crippen molar-refractivity contribution >= 4 is 39.9 Å². The van der Waals surface area contributed by atoms with Crippen molar-refractivity contribution in [1.82, 2.24) is 4.98 Å². The van der Waals surface area contributed by atoms with E-state index in [1.807, 2.05) is 24.4 Å². The minimum Gasteiger partial charge on any atom is -0.483 e. The molecule has 0 spiro atoms. The van der Waals surface area contributed by atoms with Gasteiger partial charge in [-0.2, -0.15) is 0 Å². The SMILES string of the molecule is Cc1ccc(-c2csc(NC(=O)COc3cc(Cl)ccc3C(N)=O)n2)cc1C. The smallest absolute Gasteiger partial charge is 0.264 e. The number of nitrogens with zero attached hydrogens (tertiary/aromatic N) is 1. The Kier molecular flexibility index (Phi) is 5.96. The molecule has 0 fully saturated rings. The van der Waals surface area contributed by atoms with Crippen molar-refractivity contribution < 1.29 is 14.3 Å². The third-order valence-electron chi connectivity index (χ3n) is 4.12. The van der Waals surface area contributed by atoms with Crippen molar-refractivity contribution in [3.8, 4) is 17.0 Å². The van der Waals surface area contributed by atoms with E-state index in [9.17, 15) is 9.59 Å². The van der Waals surface area contributed by atoms with Crippen LogP contribution in [0, 0.1) is 13.8 Å². The number of halogens is 1. The minimum atomic E-state index is -0.662. The Balaban J connectivity index is 1.65. The van der Waals surface area contributed by atoms with E-state index in [0.29, 0.717) is 10.2 Å². The van der Waals surface area contributed by atoms with E-state index in [1.165, 1.54) is 40.7 Å². The zero-order valence-electron chi connectivity index (χ0n) is 15.3. The lowest BCUT2D eigenvalue weighted by atomic mass is 10.1. The van der Waals surface area contributed by atoms with Gasteiger partial charge in [-0.25, -0.2) is 4.98 Å². The largest absolute Gasteiger partial charge is 0.483 e. The number of anilines is 1. The number of nitrogens with one attached hydrogen (secondary N) is 1. The molecule has 3 rings (SSSR count). The third-order valence-corrected chi connectivity index (χ3v) is 5.11. The monoisotopic (exact) mass is 415 g/mol. The lowest BCUT2D eigenvalue weighted by molar-refractivity contribution is -0.118. The second-order valence-corrected chi connectivity index (χ2v) is 7.47. The highest BCUT2D eigenvalue weighted by molar-refractivity contribution is 7.14. The second-order valence-electron chi connectivity index (χ2n) is 6.18. The van der Waals surface area contributed by atoms with Crippen molar-refractivity contribution in [2.75, 3.05) is 11.9 Å². The fraction of sp³-hybridized carbons (Fsp3) is 0.150. The Hall–Kier alpha value is -2.90. The van der Waals surface area contributed by atoms with Gasteiger partial charge in [0.2, 0.25) is 0 Å². The van der Waals surface area contributed by atoms with Crippen LogP contribution in [0.5, 0.6) is 5.75 Å². The number of primary amides is 1. The highest BCUT2D eigenvalue weighted by Gasteiger charge is 2.13. The zero-order valence-corrected chi connectivity index (χ0v) is 16.9. The summed E-state index contributed by atoms with van der Waals surface area (Å²) in [6, 6.07) is 10.5. The molecule has 0 bridgehead atoms. The normalized spacial score (nSPS) is 10.5. The quantitative estimate of drug-likeness (QED) is 0.630. The summed E-state index contributed by atoms with van der Waals surface area (Å²) in [4.78, 5) is 28.1. The summed E-state index contributed by atoms with van der Waals surface area (Å²) >= 11 is 7.23. The molecule has 0 atom stereocenters. The van der Waals surface area contributed by atoms with Crippen LogP contribution in [0.2, 0.25) is 5.02 Å². The van der Waals surface area contributed by atoms with Crippen LogP contribution in [0.3, 0.4) is 0 Å². The van der Waals surface area contributed by atoms with E-state index in [2.05, 4.69) is 23.3 Å². The molecule has 0 unspecified atom stereocenters. The first kappa shape index (κ1) is 19.9. The van der Waals surface area contributed by atoms with Crippen LogP contribution in [0.15, 0.2) is 41.8 Å². The Morgan fingerprint density at radius 3 is 2.68 bits per heavy atom. The van der Waals surface area contributed by atoms with Gasteiger partial charge in [-0.3, -0.25) is 14.9 Å². The molecule has 6 nitrogen and oxygen atoms in total. The van der Waals surface area contributed by atoms with Gasteiger partial charge in [-0.05, 0) is 49.2 Å². The first-order valence-electron chi connectivity index (χ1n) is 8.38. The van der Waals surface area contributed by atoms with Gasteiger partial charge < -0.3 is 10.5 Å². The molecule has 144 valence electrons. The lowest BCUT2D eigenvalue weighted by Gasteiger charge is -2.09. The van der Waals surface area contributed by atoms with Gasteiger partial charge in [-0.15, -0.1) is 11.3 Å². The van der Waals surface area contributed by atoms with E-state index in [-0.39, 0.29) is 17.9 Å². The van der Waals surface area contributed by atoms with E-state index < -0.39 is 11.8 Å². The Morgan fingerprint density at radius 2 is 1.96 bits per heavy atom. The molecule has 0 saturated carbocycles. The lowest BCUT2D eigenvalue weighted by Crippen LogP contribution is -2.21. The molecule has 0 saturated heterocycles. The van der Waals surface area contributed by atoms with Crippen molar-refractivity contribution in [3.63, 3.8) is 0 Å². The Labute approximate surface area is 171 Å². The molecule has 28 heavy (non-hydrogen) atoms. The molecule has 2 amide bonds. The molecule has 8 heteroatoms. The number of benzene rings is 2. The summed E-state index contributed by atoms with van der Waals surface area (Å²) in [5.74, 6) is -0.911. The minimum absolute atomic E-state index is 0.156. The maximum absolute atomic E-state index is 12.2. The van der Waals surface area contributed by atoms with Gasteiger partial charge >= 0.3 is 0 Å². The Bertz CT molecular complexity index is 1050. The molecule has 1 heterocycles. The maximum atomic E-state index is 12.2. The highest BCUT2D eigenvalue weighted by Crippen LogP contribution is 2.27. The molecular formula is C20H18ClN3O3S. The summed E-state index contributed by atoms with van der Waals surface area (Å²) in [6.45, 7) is 3.79. The van der Waals surface area contributed by atoms with Gasteiger partial charge in [0, 0.05) is 16.0 Å². The number of ether oxygens (including phenoxy) is 1. The average Bonchev–Trinajstić information content (AvgIpc) is 3.10. The third kappa shape index (κ3) is 4.68. The fourth-order valence-electron chi connectivity index (χ4n) is 2.48. The summed E-state index contributed by atoms with van der Waals surface area (Å²) in [5, 5.41) is 5.40. The first-order chi connectivity index (χ1) is 13.3. The van der Waals surface area contributed by atoms with Crippen molar-refractivity contribution in [2.45, 2.75) is 13.8 Å². The summed E-state index contributed by atoms with van der Waals surface area (Å²) in [7, 11) is 0. The molecule has 3 aromatic rings. The van der Waals surface area contributed by atoms with Crippen LogP contribution in [-0.2, 0) is 4.79 Å². The fourth-order valence-corrected chi connectivity index (χ4v) is 3.38. The summed E-state index contributed by atoms with van der Waals surface area (Å²) < 4.78 is 5.41. The first-order valence-corrected chi connectivity index (χ1v) is 9.64. The molecule has 0 radical (unpaired) electrons. The maximum Gasteiger partial charge on any atom is 0.264 e. The van der Waals surface area contributed by atoms with Crippen LogP contribution in [0.4, 0.5) is 5.13 Å². The molecule has 1 aromatic heterocycles. The number of thiazole rings is 1. The van der Waals surface area contributed by atoms with Gasteiger partial charge in [0.25, 0.3) is 11.8 Å². The predicted molar refractivity (Wildman–Crippen MR) is 111 cm³/mol. The summed E-state index contributed by atoms with van der Waals surface area (Å²) in [5.41, 5.74) is 9.62. The van der Waals surface area contributed by atoms with Crippen molar-refractivity contribution in [1.29, 1.82) is 0 Å². The Morgan fingerprint density at radius 1 is 1.18 bits per heavy atom. The standard InChI is InChI=1S/C20H18ClN3O3S/c1-11-3-4-13(7-12(11)2)16-10-28-20(23-16)24-18(25)9-27-17-8-14(21)5-6-15(17)19(22)26/h3-8,10H,9H2,1-2H3,(H2,22,26)(H,23,24,25). The number of amides is 2. The highest BCUT2D eigenvalue weighted by atomic mass is 35.5. The van der Waals surface area contributed by atoms with Gasteiger partial charge in [0.1, 0.15) is 5.75 Å². The summed E-state index contributed by atoms with van der Waals surface area (Å²) in [6.07, 6.45) is 0. The van der Waals surface area contributed by atoms with Gasteiger partial charge in [0.05, 0.1) is 11.3 Å². The van der Waals surface area contributed by atoms with E-state index in [4.69, 9.17) is 22.1 Å². The molecule has 0 aliphatic rings. The predicted octanol–water partition coefficient (Wildman–Crippen LogP) is 4.20. The van der Waals surface area contributed by atoms with Crippen LogP contribution in [-0.4, -0.2) is 23.4 Å². The molecule has 0 aliphatic carbocycles. The van der Waals surface area contributed by atoms with E-state index in [0.717, 1.165) is 11.3 Å². The topological polar surface area (TPSA) is 94.3 Å². The number of rotatable bonds is 6. The van der Waals surface area contributed by atoms with E-state index in [1.54, 1.807) is 0 Å². The second kappa shape index (κ2) is 8.41. The average molecular weight is 416 g/mol. The van der Waals surface area contributed by atoms with Crippen LogP contribution in [0.1, 0.15) is 21.5 Å². The van der Waals surface area contributed by atoms with Crippen LogP contribution >= 0.6 is 22.9 Å². The van der Waals surface area contributed by atoms with E-state index >= 15 is 0 Å².